The number of morpholine rings is 1. The van der Waals surface area contributed by atoms with Gasteiger partial charge >= 0.3 is 6.18 Å². The molecule has 1 unspecified atom stereocenters. The molecule has 4 heterocycles. The summed E-state index contributed by atoms with van der Waals surface area (Å²) >= 11 is 0.769. The molecule has 31 heavy (non-hydrogen) atoms. The summed E-state index contributed by atoms with van der Waals surface area (Å²) < 4.78 is 73.4. The van der Waals surface area contributed by atoms with Gasteiger partial charge in [0.2, 0.25) is 5.91 Å². The topological polar surface area (TPSA) is 132 Å². The van der Waals surface area contributed by atoms with Crippen LogP contribution in [0, 0.1) is 0 Å². The smallest absolute Gasteiger partial charge is 0.369 e. The van der Waals surface area contributed by atoms with Gasteiger partial charge in [-0.2, -0.15) is 32.1 Å². The van der Waals surface area contributed by atoms with E-state index in [-0.39, 0.29) is 40.5 Å². The number of carbonyl (C=O) groups is 1. The third-order valence-corrected chi connectivity index (χ3v) is 7.51. The maximum absolute atomic E-state index is 13.2. The Morgan fingerprint density at radius 3 is 2.84 bits per heavy atom. The van der Waals surface area contributed by atoms with Crippen LogP contribution in [0.1, 0.15) is 24.4 Å². The number of nitrogens with one attached hydrogen (secondary N) is 1. The van der Waals surface area contributed by atoms with Crippen LogP contribution in [0.25, 0.3) is 5.78 Å². The number of hydrogen-bond donors (Lipinski definition) is 1. The molecule has 1 amide bonds. The van der Waals surface area contributed by atoms with Crippen molar-refractivity contribution in [2.75, 3.05) is 25.0 Å². The lowest BCUT2D eigenvalue weighted by atomic mass is 10.2. The number of ether oxygens (including phenoxy) is 1. The Morgan fingerprint density at radius 1 is 1.35 bits per heavy atom. The SMILES string of the molecule is CC(=O)Nc1ncc(S(=O)(=O)N2CCOC(c3cc(C(F)(F)F)nc4ncnn34)C2)s1. The number of thiazole rings is 1. The molecule has 0 radical (unpaired) electrons. The van der Waals surface area contributed by atoms with Crippen LogP contribution in [-0.4, -0.2) is 62.9 Å². The fraction of sp³-hybridized carbons (Fsp3) is 0.400. The lowest BCUT2D eigenvalue weighted by Crippen LogP contribution is -2.42. The summed E-state index contributed by atoms with van der Waals surface area (Å²) in [4.78, 5) is 22.1. The standard InChI is InChI=1S/C15H14F3N7O4S2/c1-8(26)22-14-19-5-12(30-14)31(27,28)24-2-3-29-10(6-24)9-4-11(15(16,17)18)23-13-20-7-21-25(9)13/h4-5,7,10H,2-3,6H2,1H3,(H,19,22,26). The Kier molecular flexibility index (Phi) is 5.40. The molecule has 0 aliphatic carbocycles. The molecule has 3 aromatic heterocycles. The zero-order valence-corrected chi connectivity index (χ0v) is 17.3. The van der Waals surface area contributed by atoms with Gasteiger partial charge in [-0.25, -0.2) is 18.4 Å². The van der Waals surface area contributed by atoms with E-state index < -0.39 is 33.9 Å². The van der Waals surface area contributed by atoms with Crippen LogP contribution in [0.5, 0.6) is 0 Å². The van der Waals surface area contributed by atoms with Crippen molar-refractivity contribution in [1.82, 2.24) is 28.9 Å². The fourth-order valence-electron chi connectivity index (χ4n) is 2.95. The molecular weight excluding hydrogens is 463 g/mol. The van der Waals surface area contributed by atoms with Gasteiger partial charge in [0, 0.05) is 20.0 Å². The monoisotopic (exact) mass is 477 g/mol. The van der Waals surface area contributed by atoms with Crippen molar-refractivity contribution in [3.05, 3.63) is 30.0 Å². The van der Waals surface area contributed by atoms with Gasteiger partial charge in [-0.1, -0.05) is 11.3 Å². The molecule has 0 bridgehead atoms. The van der Waals surface area contributed by atoms with Gasteiger partial charge in [0.05, 0.1) is 18.5 Å². The Labute approximate surface area is 176 Å². The van der Waals surface area contributed by atoms with Crippen molar-refractivity contribution in [2.24, 2.45) is 0 Å². The fourth-order valence-corrected chi connectivity index (χ4v) is 5.60. The van der Waals surface area contributed by atoms with Gasteiger partial charge in [-0.3, -0.25) is 4.79 Å². The molecule has 1 saturated heterocycles. The van der Waals surface area contributed by atoms with E-state index in [9.17, 15) is 26.4 Å². The Morgan fingerprint density at radius 2 is 2.13 bits per heavy atom. The number of nitrogens with zero attached hydrogens (tertiary/aromatic N) is 6. The minimum Gasteiger partial charge on any atom is -0.369 e. The second kappa shape index (κ2) is 7.77. The number of amides is 1. The predicted octanol–water partition coefficient (Wildman–Crippen LogP) is 1.32. The molecule has 11 nitrogen and oxygen atoms in total. The molecule has 0 spiro atoms. The van der Waals surface area contributed by atoms with Gasteiger partial charge < -0.3 is 10.1 Å². The molecule has 4 rings (SSSR count). The summed E-state index contributed by atoms with van der Waals surface area (Å²) in [6.45, 7) is 0.938. The van der Waals surface area contributed by atoms with E-state index in [0.29, 0.717) is 0 Å². The van der Waals surface area contributed by atoms with E-state index in [1.165, 1.54) is 6.92 Å². The summed E-state index contributed by atoms with van der Waals surface area (Å²) in [5.41, 5.74) is -1.22. The third kappa shape index (κ3) is 4.23. The second-order valence-corrected chi connectivity index (χ2v) is 9.62. The van der Waals surface area contributed by atoms with Crippen LogP contribution < -0.4 is 5.32 Å². The second-order valence-electron chi connectivity index (χ2n) is 6.42. The first-order valence-electron chi connectivity index (χ1n) is 8.69. The quantitative estimate of drug-likeness (QED) is 0.595. The molecule has 0 aromatic carbocycles. The highest BCUT2D eigenvalue weighted by Gasteiger charge is 2.38. The minimum absolute atomic E-state index is 0.0100. The number of fused-ring (bicyclic) bond motifs is 1. The number of sulfonamides is 1. The van der Waals surface area contributed by atoms with Crippen LogP contribution in [0.15, 0.2) is 22.8 Å². The Balaban J connectivity index is 1.65. The summed E-state index contributed by atoms with van der Waals surface area (Å²) in [5.74, 6) is -0.685. The van der Waals surface area contributed by atoms with Gasteiger partial charge in [-0.15, -0.1) is 0 Å². The maximum atomic E-state index is 13.2. The van der Waals surface area contributed by atoms with Crippen LogP contribution in [0.3, 0.4) is 0 Å². The predicted molar refractivity (Wildman–Crippen MR) is 99.7 cm³/mol. The van der Waals surface area contributed by atoms with E-state index in [0.717, 1.165) is 38.7 Å². The number of anilines is 1. The highest BCUT2D eigenvalue weighted by molar-refractivity contribution is 7.91. The Hall–Kier alpha value is -2.69. The van der Waals surface area contributed by atoms with Gasteiger partial charge in [0.15, 0.2) is 9.34 Å². The molecule has 0 saturated carbocycles. The highest BCUT2D eigenvalue weighted by atomic mass is 32.2. The van der Waals surface area contributed by atoms with Crippen molar-refractivity contribution in [1.29, 1.82) is 0 Å². The number of aromatic nitrogens is 5. The molecule has 1 aliphatic heterocycles. The third-order valence-electron chi connectivity index (χ3n) is 4.29. The molecule has 16 heteroatoms. The largest absolute Gasteiger partial charge is 0.433 e. The highest BCUT2D eigenvalue weighted by Crippen LogP contribution is 2.33. The first-order chi connectivity index (χ1) is 14.6. The van der Waals surface area contributed by atoms with Crippen LogP contribution in [0.4, 0.5) is 18.3 Å². The first-order valence-corrected chi connectivity index (χ1v) is 10.9. The number of carbonyl (C=O) groups excluding carboxylic acids is 1. The van der Waals surface area contributed by atoms with E-state index >= 15 is 0 Å². The van der Waals surface area contributed by atoms with Gasteiger partial charge in [0.25, 0.3) is 15.8 Å². The molecule has 166 valence electrons. The molecule has 1 fully saturated rings. The number of rotatable bonds is 4. The summed E-state index contributed by atoms with van der Waals surface area (Å²) in [6, 6.07) is 0.768. The van der Waals surface area contributed by atoms with Crippen molar-refractivity contribution in [3.63, 3.8) is 0 Å². The molecule has 3 aromatic rings. The van der Waals surface area contributed by atoms with E-state index in [4.69, 9.17) is 4.74 Å². The maximum Gasteiger partial charge on any atom is 0.433 e. The number of halogens is 3. The lowest BCUT2D eigenvalue weighted by molar-refractivity contribution is -0.141. The summed E-state index contributed by atoms with van der Waals surface area (Å²) in [7, 11) is -4.02. The molecular formula is C15H14F3N7O4S2. The summed E-state index contributed by atoms with van der Waals surface area (Å²) in [6.07, 6.45) is -3.62. The average Bonchev–Trinajstić information content (AvgIpc) is 3.35. The lowest BCUT2D eigenvalue weighted by Gasteiger charge is -2.32. The van der Waals surface area contributed by atoms with E-state index in [1.54, 1.807) is 0 Å². The van der Waals surface area contributed by atoms with Gasteiger partial charge in [0.1, 0.15) is 18.1 Å². The molecule has 1 aliphatic rings. The average molecular weight is 477 g/mol. The Bertz CT molecular complexity index is 1240. The van der Waals surface area contributed by atoms with E-state index in [2.05, 4.69) is 25.4 Å². The van der Waals surface area contributed by atoms with Crippen molar-refractivity contribution in [3.8, 4) is 0 Å². The normalized spacial score (nSPS) is 18.4. The van der Waals surface area contributed by atoms with E-state index in [1.807, 2.05) is 0 Å². The van der Waals surface area contributed by atoms with Crippen molar-refractivity contribution >= 4 is 38.2 Å². The van der Waals surface area contributed by atoms with Gasteiger partial charge in [-0.05, 0) is 6.07 Å². The van der Waals surface area contributed by atoms with Crippen LogP contribution in [0.2, 0.25) is 0 Å². The minimum atomic E-state index is -4.73. The number of hydrogen-bond acceptors (Lipinski definition) is 9. The number of alkyl halides is 3. The van der Waals surface area contributed by atoms with Crippen molar-refractivity contribution in [2.45, 2.75) is 23.4 Å². The van der Waals surface area contributed by atoms with Crippen LogP contribution in [-0.2, 0) is 25.7 Å². The molecule has 1 atom stereocenters. The first kappa shape index (κ1) is 21.5. The molecule has 1 N–H and O–H groups in total. The van der Waals surface area contributed by atoms with Crippen molar-refractivity contribution < 1.29 is 31.1 Å². The van der Waals surface area contributed by atoms with Crippen LogP contribution >= 0.6 is 11.3 Å². The zero-order chi connectivity index (χ0) is 22.4. The zero-order valence-electron chi connectivity index (χ0n) is 15.7. The summed E-state index contributed by atoms with van der Waals surface area (Å²) in [5, 5.41) is 6.39.